The SMILES string of the molecule is CN(Cc1ccc(F)c(F)c1)C(=O)CCC#N. The van der Waals surface area contributed by atoms with E-state index in [1.54, 1.807) is 7.05 Å². The van der Waals surface area contributed by atoms with Gasteiger partial charge in [-0.1, -0.05) is 6.07 Å². The van der Waals surface area contributed by atoms with Crippen molar-refractivity contribution >= 4 is 5.91 Å². The predicted molar refractivity (Wildman–Crippen MR) is 57.7 cm³/mol. The molecule has 0 spiro atoms. The van der Waals surface area contributed by atoms with Crippen LogP contribution in [0.5, 0.6) is 0 Å². The van der Waals surface area contributed by atoms with Gasteiger partial charge in [-0.05, 0) is 17.7 Å². The smallest absolute Gasteiger partial charge is 0.223 e. The minimum Gasteiger partial charge on any atom is -0.341 e. The minimum atomic E-state index is -0.930. The molecule has 0 heterocycles. The van der Waals surface area contributed by atoms with Crippen molar-refractivity contribution in [2.24, 2.45) is 0 Å². The Morgan fingerprint density at radius 3 is 2.71 bits per heavy atom. The summed E-state index contributed by atoms with van der Waals surface area (Å²) in [4.78, 5) is 12.8. The van der Waals surface area contributed by atoms with Gasteiger partial charge in [-0.3, -0.25) is 4.79 Å². The van der Waals surface area contributed by atoms with Crippen LogP contribution in [0.4, 0.5) is 8.78 Å². The van der Waals surface area contributed by atoms with Crippen molar-refractivity contribution in [1.29, 1.82) is 5.26 Å². The molecule has 1 amide bonds. The van der Waals surface area contributed by atoms with Gasteiger partial charge in [0.15, 0.2) is 11.6 Å². The molecule has 17 heavy (non-hydrogen) atoms. The van der Waals surface area contributed by atoms with E-state index >= 15 is 0 Å². The molecule has 0 atom stereocenters. The molecule has 1 aromatic carbocycles. The third kappa shape index (κ3) is 3.83. The lowest BCUT2D eigenvalue weighted by molar-refractivity contribution is -0.130. The number of nitriles is 1. The zero-order valence-electron chi connectivity index (χ0n) is 9.41. The van der Waals surface area contributed by atoms with Crippen LogP contribution in [0, 0.1) is 23.0 Å². The Morgan fingerprint density at radius 1 is 1.41 bits per heavy atom. The summed E-state index contributed by atoms with van der Waals surface area (Å²) in [5.41, 5.74) is 0.511. The summed E-state index contributed by atoms with van der Waals surface area (Å²) < 4.78 is 25.6. The van der Waals surface area contributed by atoms with Gasteiger partial charge in [0.1, 0.15) is 0 Å². The van der Waals surface area contributed by atoms with Crippen LogP contribution in [0.3, 0.4) is 0 Å². The van der Waals surface area contributed by atoms with Gasteiger partial charge in [0.2, 0.25) is 5.91 Å². The van der Waals surface area contributed by atoms with Crippen molar-refractivity contribution in [1.82, 2.24) is 4.90 Å². The number of amides is 1. The molecule has 0 aliphatic heterocycles. The highest BCUT2D eigenvalue weighted by atomic mass is 19.2. The molecular weight excluding hydrogens is 226 g/mol. The first-order chi connectivity index (χ1) is 8.04. The molecule has 1 aromatic rings. The van der Waals surface area contributed by atoms with Crippen LogP contribution in [-0.2, 0) is 11.3 Å². The van der Waals surface area contributed by atoms with E-state index in [9.17, 15) is 13.6 Å². The maximum Gasteiger partial charge on any atom is 0.223 e. The number of halogens is 2. The van der Waals surface area contributed by atoms with Crippen LogP contribution in [0.1, 0.15) is 18.4 Å². The molecule has 0 aliphatic carbocycles. The molecule has 90 valence electrons. The summed E-state index contributed by atoms with van der Waals surface area (Å²) in [6.45, 7) is 0.196. The zero-order valence-corrected chi connectivity index (χ0v) is 9.41. The highest BCUT2D eigenvalue weighted by Gasteiger charge is 2.10. The lowest BCUT2D eigenvalue weighted by Gasteiger charge is -2.16. The number of nitrogens with zero attached hydrogens (tertiary/aromatic N) is 2. The van der Waals surface area contributed by atoms with E-state index in [4.69, 9.17) is 5.26 Å². The summed E-state index contributed by atoms with van der Waals surface area (Å²) in [6, 6.07) is 5.38. The molecule has 0 radical (unpaired) electrons. The number of benzene rings is 1. The maximum atomic E-state index is 12.9. The number of carbonyl (C=O) groups excluding carboxylic acids is 1. The number of rotatable bonds is 4. The second-order valence-electron chi connectivity index (χ2n) is 3.66. The molecule has 3 nitrogen and oxygen atoms in total. The fraction of sp³-hybridized carbons (Fsp3) is 0.333. The van der Waals surface area contributed by atoms with Crippen molar-refractivity contribution in [3.63, 3.8) is 0 Å². The van der Waals surface area contributed by atoms with Crippen LogP contribution < -0.4 is 0 Å². The average molecular weight is 238 g/mol. The topological polar surface area (TPSA) is 44.1 Å². The predicted octanol–water partition coefficient (Wildman–Crippen LogP) is 2.23. The Bertz CT molecular complexity index is 454. The van der Waals surface area contributed by atoms with Crippen molar-refractivity contribution in [2.75, 3.05) is 7.05 Å². The molecule has 0 N–H and O–H groups in total. The van der Waals surface area contributed by atoms with Crippen molar-refractivity contribution < 1.29 is 13.6 Å². The quantitative estimate of drug-likeness (QED) is 0.807. The molecular formula is C12H12F2N2O. The Morgan fingerprint density at radius 2 is 2.12 bits per heavy atom. The van der Waals surface area contributed by atoms with E-state index < -0.39 is 11.6 Å². The average Bonchev–Trinajstić information content (AvgIpc) is 2.30. The lowest BCUT2D eigenvalue weighted by atomic mass is 10.2. The van der Waals surface area contributed by atoms with Gasteiger partial charge in [0.05, 0.1) is 6.07 Å². The molecule has 0 aliphatic rings. The molecule has 0 bridgehead atoms. The van der Waals surface area contributed by atoms with Crippen molar-refractivity contribution in [2.45, 2.75) is 19.4 Å². The maximum absolute atomic E-state index is 12.9. The molecule has 0 aromatic heterocycles. The third-order valence-electron chi connectivity index (χ3n) is 2.28. The van der Waals surface area contributed by atoms with E-state index in [-0.39, 0.29) is 25.3 Å². The van der Waals surface area contributed by atoms with Crippen LogP contribution >= 0.6 is 0 Å². The summed E-state index contributed by atoms with van der Waals surface area (Å²) in [5.74, 6) is -2.04. The first-order valence-electron chi connectivity index (χ1n) is 5.09. The Balaban J connectivity index is 2.62. The van der Waals surface area contributed by atoms with Gasteiger partial charge in [-0.2, -0.15) is 5.26 Å². The second kappa shape index (κ2) is 5.94. The van der Waals surface area contributed by atoms with E-state index in [2.05, 4.69) is 0 Å². The summed E-state index contributed by atoms with van der Waals surface area (Å²) in [5, 5.41) is 8.34. The first kappa shape index (κ1) is 13.1. The number of carbonyl (C=O) groups is 1. The van der Waals surface area contributed by atoms with Crippen LogP contribution in [-0.4, -0.2) is 17.9 Å². The molecule has 0 saturated heterocycles. The normalized spacial score (nSPS) is 9.76. The molecule has 0 fully saturated rings. The van der Waals surface area contributed by atoms with Crippen LogP contribution in [0.15, 0.2) is 18.2 Å². The van der Waals surface area contributed by atoms with Gasteiger partial charge in [-0.15, -0.1) is 0 Å². The van der Waals surface area contributed by atoms with Crippen LogP contribution in [0.25, 0.3) is 0 Å². The lowest BCUT2D eigenvalue weighted by Crippen LogP contribution is -2.25. The summed E-state index contributed by atoms with van der Waals surface area (Å²) in [7, 11) is 1.56. The van der Waals surface area contributed by atoms with E-state index in [1.807, 2.05) is 6.07 Å². The molecule has 5 heteroatoms. The van der Waals surface area contributed by atoms with E-state index in [1.165, 1.54) is 11.0 Å². The van der Waals surface area contributed by atoms with Crippen LogP contribution in [0.2, 0.25) is 0 Å². The zero-order chi connectivity index (χ0) is 12.8. The fourth-order valence-corrected chi connectivity index (χ4v) is 1.35. The highest BCUT2D eigenvalue weighted by Crippen LogP contribution is 2.11. The first-order valence-corrected chi connectivity index (χ1v) is 5.09. The fourth-order valence-electron chi connectivity index (χ4n) is 1.35. The van der Waals surface area contributed by atoms with Crippen molar-refractivity contribution in [3.05, 3.63) is 35.4 Å². The van der Waals surface area contributed by atoms with Gasteiger partial charge in [-0.25, -0.2) is 8.78 Å². The second-order valence-corrected chi connectivity index (χ2v) is 3.66. The van der Waals surface area contributed by atoms with E-state index in [0.29, 0.717) is 5.56 Å². The highest BCUT2D eigenvalue weighted by molar-refractivity contribution is 5.76. The van der Waals surface area contributed by atoms with Gasteiger partial charge < -0.3 is 4.90 Å². The van der Waals surface area contributed by atoms with Crippen molar-refractivity contribution in [3.8, 4) is 6.07 Å². The van der Waals surface area contributed by atoms with Gasteiger partial charge in [0, 0.05) is 26.4 Å². The minimum absolute atomic E-state index is 0.136. The van der Waals surface area contributed by atoms with E-state index in [0.717, 1.165) is 12.1 Å². The van der Waals surface area contributed by atoms with Gasteiger partial charge >= 0.3 is 0 Å². The largest absolute Gasteiger partial charge is 0.341 e. The number of hydrogen-bond acceptors (Lipinski definition) is 2. The number of hydrogen-bond donors (Lipinski definition) is 0. The molecule has 0 saturated carbocycles. The monoisotopic (exact) mass is 238 g/mol. The summed E-state index contributed by atoms with van der Waals surface area (Å²) >= 11 is 0. The van der Waals surface area contributed by atoms with Gasteiger partial charge in [0.25, 0.3) is 0 Å². The summed E-state index contributed by atoms with van der Waals surface area (Å²) in [6.07, 6.45) is 0.289. The molecule has 1 rings (SSSR count). The Hall–Kier alpha value is -1.96. The molecule has 0 unspecified atom stereocenters. The standard InChI is InChI=1S/C12H12F2N2O/c1-16(12(17)3-2-6-15)8-9-4-5-10(13)11(14)7-9/h4-5,7H,2-3,8H2,1H3. The third-order valence-corrected chi connectivity index (χ3v) is 2.28. The Kier molecular flexibility index (Phi) is 4.58. The Labute approximate surface area is 98.3 Å².